The standard InChI is InChI=1S/C16H22BrN3O/c1-4-21-9-5-8-18-16-19-13(3)11-20(16)15-7-6-14(17)10-12(15)2/h6-7,10-11H,4-5,8-9H2,1-3H3,(H,18,19). The lowest BCUT2D eigenvalue weighted by atomic mass is 10.2. The van der Waals surface area contributed by atoms with Gasteiger partial charge in [0.15, 0.2) is 0 Å². The Balaban J connectivity index is 2.13. The monoisotopic (exact) mass is 351 g/mol. The molecule has 114 valence electrons. The van der Waals surface area contributed by atoms with E-state index in [9.17, 15) is 0 Å². The zero-order valence-electron chi connectivity index (χ0n) is 12.8. The van der Waals surface area contributed by atoms with Crippen LogP contribution in [0.1, 0.15) is 24.6 Å². The van der Waals surface area contributed by atoms with Gasteiger partial charge in [0.05, 0.1) is 11.4 Å². The van der Waals surface area contributed by atoms with Crippen LogP contribution in [-0.2, 0) is 4.74 Å². The summed E-state index contributed by atoms with van der Waals surface area (Å²) < 4.78 is 8.55. The number of nitrogens with one attached hydrogen (secondary N) is 1. The summed E-state index contributed by atoms with van der Waals surface area (Å²) in [4.78, 5) is 4.57. The van der Waals surface area contributed by atoms with E-state index in [2.05, 4.69) is 62.1 Å². The van der Waals surface area contributed by atoms with E-state index in [1.165, 1.54) is 5.56 Å². The third-order valence-corrected chi connectivity index (χ3v) is 3.69. The number of hydrogen-bond acceptors (Lipinski definition) is 3. The molecule has 0 aliphatic heterocycles. The number of benzene rings is 1. The van der Waals surface area contributed by atoms with Crippen LogP contribution < -0.4 is 5.32 Å². The molecule has 0 atom stereocenters. The Kier molecular flexibility index (Phi) is 5.82. The minimum absolute atomic E-state index is 0.770. The largest absolute Gasteiger partial charge is 0.382 e. The predicted molar refractivity (Wildman–Crippen MR) is 90.3 cm³/mol. The zero-order valence-corrected chi connectivity index (χ0v) is 14.4. The molecule has 0 fully saturated rings. The molecule has 4 nitrogen and oxygen atoms in total. The first-order valence-corrected chi connectivity index (χ1v) is 8.05. The van der Waals surface area contributed by atoms with Crippen molar-refractivity contribution in [3.63, 3.8) is 0 Å². The van der Waals surface area contributed by atoms with Gasteiger partial charge in [-0.05, 0) is 51.0 Å². The molecule has 1 heterocycles. The van der Waals surface area contributed by atoms with Crippen molar-refractivity contribution in [2.45, 2.75) is 27.2 Å². The maximum atomic E-state index is 5.35. The molecule has 0 bridgehead atoms. The molecule has 2 rings (SSSR count). The van der Waals surface area contributed by atoms with Crippen molar-refractivity contribution in [3.8, 4) is 5.69 Å². The third-order valence-electron chi connectivity index (χ3n) is 3.20. The molecule has 0 amide bonds. The third kappa shape index (κ3) is 4.32. The van der Waals surface area contributed by atoms with Crippen molar-refractivity contribution in [3.05, 3.63) is 40.1 Å². The predicted octanol–water partition coefficient (Wildman–Crippen LogP) is 4.09. The number of aryl methyl sites for hydroxylation is 2. The summed E-state index contributed by atoms with van der Waals surface area (Å²) >= 11 is 3.50. The Morgan fingerprint density at radius 1 is 1.33 bits per heavy atom. The fourth-order valence-electron chi connectivity index (χ4n) is 2.21. The topological polar surface area (TPSA) is 39.1 Å². The van der Waals surface area contributed by atoms with Crippen LogP contribution in [0.3, 0.4) is 0 Å². The van der Waals surface area contributed by atoms with Crippen molar-refractivity contribution in [2.75, 3.05) is 25.1 Å². The quantitative estimate of drug-likeness (QED) is 0.763. The molecule has 1 N–H and O–H groups in total. The Hall–Kier alpha value is -1.33. The number of ether oxygens (including phenoxy) is 1. The summed E-state index contributed by atoms with van der Waals surface area (Å²) in [5.41, 5.74) is 3.36. The maximum Gasteiger partial charge on any atom is 0.207 e. The van der Waals surface area contributed by atoms with E-state index in [0.717, 1.165) is 48.0 Å². The number of aromatic nitrogens is 2. The van der Waals surface area contributed by atoms with Crippen LogP contribution in [0.25, 0.3) is 5.69 Å². The number of anilines is 1. The summed E-state index contributed by atoms with van der Waals surface area (Å²) in [6.07, 6.45) is 3.03. The second-order valence-electron chi connectivity index (χ2n) is 4.98. The van der Waals surface area contributed by atoms with Crippen LogP contribution in [0, 0.1) is 13.8 Å². The minimum atomic E-state index is 0.770. The molecule has 0 aliphatic rings. The van der Waals surface area contributed by atoms with Gasteiger partial charge in [-0.15, -0.1) is 0 Å². The van der Waals surface area contributed by atoms with E-state index in [1.54, 1.807) is 0 Å². The summed E-state index contributed by atoms with van der Waals surface area (Å²) in [5.74, 6) is 0.884. The fourth-order valence-corrected chi connectivity index (χ4v) is 2.69. The van der Waals surface area contributed by atoms with Gasteiger partial charge in [-0.2, -0.15) is 0 Å². The van der Waals surface area contributed by atoms with Crippen molar-refractivity contribution >= 4 is 21.9 Å². The highest BCUT2D eigenvalue weighted by Gasteiger charge is 2.09. The molecule has 0 saturated carbocycles. The SMILES string of the molecule is CCOCCCNc1nc(C)cn1-c1ccc(Br)cc1C. The van der Waals surface area contributed by atoms with E-state index in [0.29, 0.717) is 0 Å². The van der Waals surface area contributed by atoms with Gasteiger partial charge in [0, 0.05) is 30.4 Å². The van der Waals surface area contributed by atoms with Gasteiger partial charge in [-0.25, -0.2) is 4.98 Å². The van der Waals surface area contributed by atoms with Gasteiger partial charge in [0.1, 0.15) is 0 Å². The number of halogens is 1. The van der Waals surface area contributed by atoms with E-state index in [-0.39, 0.29) is 0 Å². The lowest BCUT2D eigenvalue weighted by Crippen LogP contribution is -2.10. The molecule has 1 aromatic carbocycles. The lowest BCUT2D eigenvalue weighted by molar-refractivity contribution is 0.147. The highest BCUT2D eigenvalue weighted by Crippen LogP contribution is 2.23. The highest BCUT2D eigenvalue weighted by atomic mass is 79.9. The number of imidazole rings is 1. The molecule has 0 spiro atoms. The van der Waals surface area contributed by atoms with E-state index in [1.807, 2.05) is 13.8 Å². The summed E-state index contributed by atoms with van der Waals surface area (Å²) in [5, 5.41) is 3.39. The molecule has 21 heavy (non-hydrogen) atoms. The van der Waals surface area contributed by atoms with Crippen molar-refractivity contribution in [2.24, 2.45) is 0 Å². The van der Waals surface area contributed by atoms with Crippen LogP contribution in [0.4, 0.5) is 5.95 Å². The van der Waals surface area contributed by atoms with Crippen LogP contribution in [0.5, 0.6) is 0 Å². The van der Waals surface area contributed by atoms with Gasteiger partial charge in [0.25, 0.3) is 0 Å². The summed E-state index contributed by atoms with van der Waals surface area (Å²) in [7, 11) is 0. The smallest absolute Gasteiger partial charge is 0.207 e. The van der Waals surface area contributed by atoms with Crippen molar-refractivity contribution < 1.29 is 4.74 Å². The molecule has 2 aromatic rings. The van der Waals surface area contributed by atoms with Gasteiger partial charge in [-0.3, -0.25) is 4.57 Å². The molecule has 5 heteroatoms. The van der Waals surface area contributed by atoms with Crippen molar-refractivity contribution in [1.29, 1.82) is 0 Å². The van der Waals surface area contributed by atoms with Crippen LogP contribution in [-0.4, -0.2) is 29.3 Å². The normalized spacial score (nSPS) is 10.9. The lowest BCUT2D eigenvalue weighted by Gasteiger charge is -2.12. The van der Waals surface area contributed by atoms with Gasteiger partial charge < -0.3 is 10.1 Å². The molecule has 0 unspecified atom stereocenters. The van der Waals surface area contributed by atoms with Gasteiger partial charge >= 0.3 is 0 Å². The first kappa shape index (κ1) is 16.0. The molecule has 0 saturated heterocycles. The highest BCUT2D eigenvalue weighted by molar-refractivity contribution is 9.10. The van der Waals surface area contributed by atoms with Gasteiger partial charge in [-0.1, -0.05) is 15.9 Å². The number of rotatable bonds is 7. The first-order valence-electron chi connectivity index (χ1n) is 7.26. The molecular weight excluding hydrogens is 330 g/mol. The summed E-state index contributed by atoms with van der Waals surface area (Å²) in [6, 6.07) is 6.27. The summed E-state index contributed by atoms with van der Waals surface area (Å²) in [6.45, 7) is 8.53. The average molecular weight is 352 g/mol. The average Bonchev–Trinajstić information content (AvgIpc) is 2.79. The minimum Gasteiger partial charge on any atom is -0.382 e. The second kappa shape index (κ2) is 7.61. The Morgan fingerprint density at radius 2 is 2.14 bits per heavy atom. The van der Waals surface area contributed by atoms with Crippen LogP contribution in [0.2, 0.25) is 0 Å². The number of hydrogen-bond donors (Lipinski definition) is 1. The van der Waals surface area contributed by atoms with E-state index >= 15 is 0 Å². The Labute approximate surface area is 134 Å². The maximum absolute atomic E-state index is 5.35. The fraction of sp³-hybridized carbons (Fsp3) is 0.438. The van der Waals surface area contributed by atoms with Crippen molar-refractivity contribution in [1.82, 2.24) is 9.55 Å². The van der Waals surface area contributed by atoms with Crippen LogP contribution >= 0.6 is 15.9 Å². The molecule has 0 aliphatic carbocycles. The molecule has 0 radical (unpaired) electrons. The molecular formula is C16H22BrN3O. The zero-order chi connectivity index (χ0) is 15.2. The van der Waals surface area contributed by atoms with Gasteiger partial charge in [0.2, 0.25) is 5.95 Å². The first-order chi connectivity index (χ1) is 10.1. The second-order valence-corrected chi connectivity index (χ2v) is 5.90. The molecule has 1 aromatic heterocycles. The van der Waals surface area contributed by atoms with E-state index in [4.69, 9.17) is 4.74 Å². The van der Waals surface area contributed by atoms with E-state index < -0.39 is 0 Å². The van der Waals surface area contributed by atoms with Crippen LogP contribution in [0.15, 0.2) is 28.9 Å². The Morgan fingerprint density at radius 3 is 2.86 bits per heavy atom. The number of nitrogens with zero attached hydrogens (tertiary/aromatic N) is 2. The Bertz CT molecular complexity index is 595.